The second-order valence-corrected chi connectivity index (χ2v) is 11.1. The van der Waals surface area contributed by atoms with Crippen molar-refractivity contribution in [3.05, 3.63) is 24.3 Å². The van der Waals surface area contributed by atoms with Crippen LogP contribution in [0.4, 0.5) is 4.79 Å². The van der Waals surface area contributed by atoms with Crippen LogP contribution in [-0.2, 0) is 4.79 Å². The Labute approximate surface area is 196 Å². The molecule has 4 heterocycles. The number of amides is 3. The van der Waals surface area contributed by atoms with Crippen molar-refractivity contribution in [3.8, 4) is 0 Å². The molecule has 3 aliphatic heterocycles. The van der Waals surface area contributed by atoms with Crippen LogP contribution in [0, 0.1) is 5.92 Å². The number of likely N-dealkylation sites (tertiary alicyclic amines) is 1. The van der Waals surface area contributed by atoms with Gasteiger partial charge in [0.05, 0.1) is 10.2 Å². The highest BCUT2D eigenvalue weighted by molar-refractivity contribution is 8.01. The van der Waals surface area contributed by atoms with E-state index in [9.17, 15) is 9.59 Å². The predicted octanol–water partition coefficient (Wildman–Crippen LogP) is 3.06. The van der Waals surface area contributed by atoms with Gasteiger partial charge in [0.2, 0.25) is 0 Å². The summed E-state index contributed by atoms with van der Waals surface area (Å²) in [5.41, 5.74) is 1.04. The lowest BCUT2D eigenvalue weighted by Gasteiger charge is -2.39. The summed E-state index contributed by atoms with van der Waals surface area (Å²) in [6.07, 6.45) is 2.78. The molecule has 0 saturated carbocycles. The molecule has 2 saturated heterocycles. The lowest BCUT2D eigenvalue weighted by Crippen LogP contribution is -2.64. The van der Waals surface area contributed by atoms with Crippen LogP contribution in [0.3, 0.4) is 0 Å². The average molecular weight is 473 g/mol. The van der Waals surface area contributed by atoms with Gasteiger partial charge in [-0.3, -0.25) is 10.1 Å². The molecule has 1 aromatic carbocycles. The van der Waals surface area contributed by atoms with E-state index < -0.39 is 12.2 Å². The number of rotatable bonds is 5. The molecule has 3 unspecified atom stereocenters. The lowest BCUT2D eigenvalue weighted by atomic mass is 10.0. The Balaban J connectivity index is 1.28. The number of imide groups is 1. The Hall–Kier alpha value is -2.33. The van der Waals surface area contributed by atoms with Gasteiger partial charge in [-0.1, -0.05) is 30.8 Å². The van der Waals surface area contributed by atoms with Crippen molar-refractivity contribution in [3.63, 3.8) is 0 Å². The summed E-state index contributed by atoms with van der Waals surface area (Å²) in [7, 11) is 1.71. The molecule has 0 radical (unpaired) electrons. The standard InChI is InChI=1S/C22H28N6O2S2/c1-14-7-5-10-27(13-14)20-24-18-17(19(29)25-21(30)26(18)2)28(20)11-6-12-31-22-23-15-8-3-4-9-16(15)32-22/h3-4,8-9,14,17-18H,5-7,10-13H2,1-2H3,(H,25,29,30). The number of carbonyl (C=O) groups excluding carboxylic acids is 2. The fourth-order valence-electron chi connectivity index (χ4n) is 4.69. The molecule has 0 spiro atoms. The first-order valence-corrected chi connectivity index (χ1v) is 13.0. The van der Waals surface area contributed by atoms with E-state index >= 15 is 0 Å². The summed E-state index contributed by atoms with van der Waals surface area (Å²) in [6.45, 7) is 4.86. The van der Waals surface area contributed by atoms with Gasteiger partial charge in [-0.25, -0.2) is 14.8 Å². The van der Waals surface area contributed by atoms with E-state index in [2.05, 4.69) is 28.1 Å². The van der Waals surface area contributed by atoms with E-state index in [1.165, 1.54) is 11.1 Å². The van der Waals surface area contributed by atoms with E-state index in [0.29, 0.717) is 5.92 Å². The van der Waals surface area contributed by atoms with Gasteiger partial charge in [-0.2, -0.15) is 0 Å². The summed E-state index contributed by atoms with van der Waals surface area (Å²) >= 11 is 3.48. The number of hydrogen-bond donors (Lipinski definition) is 1. The maximum Gasteiger partial charge on any atom is 0.325 e. The van der Waals surface area contributed by atoms with Crippen LogP contribution in [-0.4, -0.2) is 82.2 Å². The number of piperidine rings is 1. The van der Waals surface area contributed by atoms with E-state index in [1.54, 1.807) is 35.0 Å². The zero-order valence-electron chi connectivity index (χ0n) is 18.4. The van der Waals surface area contributed by atoms with Crippen molar-refractivity contribution >= 4 is 51.2 Å². The van der Waals surface area contributed by atoms with Gasteiger partial charge >= 0.3 is 6.03 Å². The Morgan fingerprint density at radius 2 is 2.12 bits per heavy atom. The molecule has 0 bridgehead atoms. The SMILES string of the molecule is CC1CCCN(C2=NC3C(C(=O)NC(=O)N3C)N2CCCSc2nc3ccccc3s2)C1. The van der Waals surface area contributed by atoms with Crippen LogP contribution in [0.25, 0.3) is 10.2 Å². The summed E-state index contributed by atoms with van der Waals surface area (Å²) < 4.78 is 2.28. The maximum absolute atomic E-state index is 12.8. The first-order chi connectivity index (χ1) is 15.5. The van der Waals surface area contributed by atoms with E-state index in [-0.39, 0.29) is 11.9 Å². The van der Waals surface area contributed by atoms with E-state index in [1.807, 2.05) is 18.2 Å². The van der Waals surface area contributed by atoms with Crippen LogP contribution < -0.4 is 5.32 Å². The predicted molar refractivity (Wildman–Crippen MR) is 128 cm³/mol. The molecule has 32 heavy (non-hydrogen) atoms. The number of thiazole rings is 1. The monoisotopic (exact) mass is 472 g/mol. The number of urea groups is 1. The summed E-state index contributed by atoms with van der Waals surface area (Å²) in [6, 6.07) is 7.36. The molecule has 2 aromatic rings. The molecule has 8 nitrogen and oxygen atoms in total. The minimum Gasteiger partial charge on any atom is -0.342 e. The second-order valence-electron chi connectivity index (χ2n) is 8.73. The number of aliphatic imine (C=N–C) groups is 1. The highest BCUT2D eigenvalue weighted by atomic mass is 32.2. The van der Waals surface area contributed by atoms with Crippen LogP contribution in [0.15, 0.2) is 33.6 Å². The normalized spacial score (nSPS) is 25.9. The fourth-order valence-corrected chi connectivity index (χ4v) is 6.75. The van der Waals surface area contributed by atoms with Gasteiger partial charge in [-0.15, -0.1) is 11.3 Å². The number of carbonyl (C=O) groups is 2. The maximum atomic E-state index is 12.8. The third-order valence-corrected chi connectivity index (χ3v) is 8.59. The number of benzene rings is 1. The van der Waals surface area contributed by atoms with Crippen LogP contribution in [0.5, 0.6) is 0 Å². The molecule has 1 aromatic heterocycles. The number of nitrogens with zero attached hydrogens (tertiary/aromatic N) is 5. The van der Waals surface area contributed by atoms with Crippen molar-refractivity contribution in [1.82, 2.24) is 25.0 Å². The van der Waals surface area contributed by atoms with Crippen molar-refractivity contribution < 1.29 is 9.59 Å². The molecule has 3 atom stereocenters. The Morgan fingerprint density at radius 1 is 1.28 bits per heavy atom. The van der Waals surface area contributed by atoms with Crippen LogP contribution in [0.2, 0.25) is 0 Å². The van der Waals surface area contributed by atoms with Gasteiger partial charge < -0.3 is 14.7 Å². The van der Waals surface area contributed by atoms with Crippen molar-refractivity contribution in [2.45, 2.75) is 42.7 Å². The Bertz CT molecular complexity index is 1020. The molecule has 170 valence electrons. The fraction of sp³-hybridized carbons (Fsp3) is 0.545. The van der Waals surface area contributed by atoms with Gasteiger partial charge in [0.15, 0.2) is 22.5 Å². The molecule has 5 rings (SSSR count). The smallest absolute Gasteiger partial charge is 0.325 e. The van der Waals surface area contributed by atoms with Crippen molar-refractivity contribution in [2.75, 3.05) is 32.4 Å². The lowest BCUT2D eigenvalue weighted by molar-refractivity contribution is -0.127. The number of hydrogen-bond acceptors (Lipinski definition) is 8. The summed E-state index contributed by atoms with van der Waals surface area (Å²) in [5, 5.41) is 2.49. The molecule has 3 aliphatic rings. The molecule has 2 fully saturated rings. The van der Waals surface area contributed by atoms with Gasteiger partial charge in [0.25, 0.3) is 5.91 Å². The number of nitrogens with one attached hydrogen (secondary N) is 1. The third-order valence-electron chi connectivity index (χ3n) is 6.32. The summed E-state index contributed by atoms with van der Waals surface area (Å²) in [4.78, 5) is 40.5. The van der Waals surface area contributed by atoms with Gasteiger partial charge in [0.1, 0.15) is 0 Å². The largest absolute Gasteiger partial charge is 0.342 e. The highest BCUT2D eigenvalue weighted by Crippen LogP contribution is 2.31. The number of thioether (sulfide) groups is 1. The van der Waals surface area contributed by atoms with Crippen LogP contribution >= 0.6 is 23.1 Å². The molecule has 0 aliphatic carbocycles. The highest BCUT2D eigenvalue weighted by Gasteiger charge is 2.49. The molecule has 1 N–H and O–H groups in total. The number of para-hydroxylation sites is 1. The topological polar surface area (TPSA) is 81.1 Å². The number of aromatic nitrogens is 1. The number of guanidine groups is 1. The second kappa shape index (κ2) is 8.90. The molecular weight excluding hydrogens is 444 g/mol. The Kier molecular flexibility index (Phi) is 5.98. The van der Waals surface area contributed by atoms with Crippen molar-refractivity contribution in [1.29, 1.82) is 0 Å². The minimum atomic E-state index is -0.461. The van der Waals surface area contributed by atoms with E-state index in [4.69, 9.17) is 9.98 Å². The summed E-state index contributed by atoms with van der Waals surface area (Å²) in [5.74, 6) is 2.13. The zero-order valence-corrected chi connectivity index (χ0v) is 20.0. The van der Waals surface area contributed by atoms with Crippen molar-refractivity contribution in [2.24, 2.45) is 10.9 Å². The molecular formula is C22H28N6O2S2. The third kappa shape index (κ3) is 4.05. The van der Waals surface area contributed by atoms with Crippen LogP contribution in [0.1, 0.15) is 26.2 Å². The van der Waals surface area contributed by atoms with E-state index in [0.717, 1.165) is 54.0 Å². The molecule has 10 heteroatoms. The minimum absolute atomic E-state index is 0.249. The average Bonchev–Trinajstić information content (AvgIpc) is 3.37. The van der Waals surface area contributed by atoms with Gasteiger partial charge in [0, 0.05) is 32.4 Å². The van der Waals surface area contributed by atoms with Gasteiger partial charge in [-0.05, 0) is 37.3 Å². The number of fused-ring (bicyclic) bond motifs is 2. The first kappa shape index (κ1) is 21.5. The first-order valence-electron chi connectivity index (χ1n) is 11.2. The zero-order chi connectivity index (χ0) is 22.2. The quantitative estimate of drug-likeness (QED) is 0.532. The Morgan fingerprint density at radius 3 is 2.94 bits per heavy atom. The number of likely N-dealkylation sites (N-methyl/N-ethyl adjacent to an activating group) is 1. The molecule has 3 amide bonds.